The van der Waals surface area contributed by atoms with E-state index < -0.39 is 5.91 Å². The molecular formula is C23H15ClFIN2O2. The topological polar surface area (TPSA) is 62.1 Å². The van der Waals surface area contributed by atoms with Gasteiger partial charge in [-0.15, -0.1) is 0 Å². The monoisotopic (exact) mass is 532 g/mol. The molecule has 0 fully saturated rings. The molecule has 7 heteroatoms. The van der Waals surface area contributed by atoms with Crippen LogP contribution in [0.5, 0.6) is 5.75 Å². The van der Waals surface area contributed by atoms with E-state index in [9.17, 15) is 14.4 Å². The maximum atomic E-state index is 13.7. The smallest absolute Gasteiger partial charge is 0.266 e. The van der Waals surface area contributed by atoms with Crippen LogP contribution >= 0.6 is 34.2 Å². The number of nitrogens with zero attached hydrogens (tertiary/aromatic N) is 1. The van der Waals surface area contributed by atoms with Gasteiger partial charge in [-0.2, -0.15) is 5.26 Å². The van der Waals surface area contributed by atoms with Gasteiger partial charge in [-0.3, -0.25) is 4.79 Å². The molecule has 1 N–H and O–H groups in total. The Morgan fingerprint density at radius 2 is 1.97 bits per heavy atom. The average Bonchev–Trinajstić information content (AvgIpc) is 2.72. The van der Waals surface area contributed by atoms with Crippen LogP contribution in [0.3, 0.4) is 0 Å². The Balaban J connectivity index is 1.72. The Hall–Kier alpha value is -2.89. The zero-order valence-electron chi connectivity index (χ0n) is 15.5. The molecule has 0 saturated heterocycles. The first-order chi connectivity index (χ1) is 14.5. The second-order valence-corrected chi connectivity index (χ2v) is 7.80. The van der Waals surface area contributed by atoms with E-state index >= 15 is 0 Å². The van der Waals surface area contributed by atoms with Crippen LogP contribution < -0.4 is 10.1 Å². The second kappa shape index (κ2) is 10.2. The van der Waals surface area contributed by atoms with Gasteiger partial charge in [0.25, 0.3) is 5.91 Å². The van der Waals surface area contributed by atoms with Crippen LogP contribution in [-0.2, 0) is 11.4 Å². The molecule has 4 nitrogen and oxygen atoms in total. The number of carbonyl (C=O) groups is 1. The highest BCUT2D eigenvalue weighted by Crippen LogP contribution is 2.25. The van der Waals surface area contributed by atoms with Gasteiger partial charge in [0.2, 0.25) is 0 Å². The first-order valence-corrected chi connectivity index (χ1v) is 10.3. The molecule has 0 unspecified atom stereocenters. The SMILES string of the molecule is N#C/C(=C\c1ccc(OCc2ccccc2F)c(I)c1)C(=O)Nc1cccc(Cl)c1. The highest BCUT2D eigenvalue weighted by atomic mass is 127. The molecule has 0 radical (unpaired) electrons. The lowest BCUT2D eigenvalue weighted by molar-refractivity contribution is -0.112. The maximum Gasteiger partial charge on any atom is 0.266 e. The number of hydrogen-bond acceptors (Lipinski definition) is 3. The Kier molecular flexibility index (Phi) is 7.44. The number of halogens is 3. The van der Waals surface area contributed by atoms with Crippen LogP contribution in [0, 0.1) is 20.7 Å². The summed E-state index contributed by atoms with van der Waals surface area (Å²) in [6.45, 7) is 0.101. The molecule has 0 saturated carbocycles. The van der Waals surface area contributed by atoms with Gasteiger partial charge >= 0.3 is 0 Å². The van der Waals surface area contributed by atoms with Crippen molar-refractivity contribution >= 4 is 51.9 Å². The van der Waals surface area contributed by atoms with E-state index in [1.807, 2.05) is 6.07 Å². The Morgan fingerprint density at radius 3 is 2.67 bits per heavy atom. The van der Waals surface area contributed by atoms with Crippen LogP contribution in [0.15, 0.2) is 72.3 Å². The van der Waals surface area contributed by atoms with Crippen molar-refractivity contribution in [2.45, 2.75) is 6.61 Å². The molecule has 0 heterocycles. The van der Waals surface area contributed by atoms with Crippen molar-refractivity contribution in [2.75, 3.05) is 5.32 Å². The molecule has 0 bridgehead atoms. The van der Waals surface area contributed by atoms with Crippen molar-refractivity contribution < 1.29 is 13.9 Å². The first kappa shape index (κ1) is 21.8. The van der Waals surface area contributed by atoms with E-state index in [1.165, 1.54) is 12.1 Å². The summed E-state index contributed by atoms with van der Waals surface area (Å²) in [6, 6.07) is 20.2. The lowest BCUT2D eigenvalue weighted by Gasteiger charge is -2.10. The summed E-state index contributed by atoms with van der Waals surface area (Å²) in [5.74, 6) is -0.274. The number of anilines is 1. The van der Waals surface area contributed by atoms with Crippen LogP contribution in [-0.4, -0.2) is 5.91 Å². The van der Waals surface area contributed by atoms with Crippen molar-refractivity contribution in [3.8, 4) is 11.8 Å². The summed E-state index contributed by atoms with van der Waals surface area (Å²) in [7, 11) is 0. The molecule has 150 valence electrons. The Morgan fingerprint density at radius 1 is 1.17 bits per heavy atom. The summed E-state index contributed by atoms with van der Waals surface area (Å²) in [6.07, 6.45) is 1.49. The quantitative estimate of drug-likeness (QED) is 0.233. The van der Waals surface area contributed by atoms with Crippen molar-refractivity contribution in [2.24, 2.45) is 0 Å². The number of nitrogens with one attached hydrogen (secondary N) is 1. The summed E-state index contributed by atoms with van der Waals surface area (Å²) in [5, 5.41) is 12.5. The van der Waals surface area contributed by atoms with Crippen LogP contribution in [0.25, 0.3) is 6.08 Å². The van der Waals surface area contributed by atoms with Crippen molar-refractivity contribution in [3.63, 3.8) is 0 Å². The summed E-state index contributed by atoms with van der Waals surface area (Å²) >= 11 is 8.00. The van der Waals surface area contributed by atoms with E-state index in [0.717, 1.165) is 3.57 Å². The minimum absolute atomic E-state index is 0.0502. The van der Waals surface area contributed by atoms with E-state index in [-0.39, 0.29) is 18.0 Å². The standard InChI is InChI=1S/C23H15ClFIN2O2/c24-18-5-3-6-19(12-18)28-23(29)17(13-27)10-15-8-9-22(21(26)11-15)30-14-16-4-1-2-7-20(16)25/h1-12H,14H2,(H,28,29)/b17-10+. The molecule has 0 atom stereocenters. The molecule has 1 amide bonds. The third-order valence-corrected chi connectivity index (χ3v) is 5.13. The van der Waals surface area contributed by atoms with Crippen LogP contribution in [0.4, 0.5) is 10.1 Å². The van der Waals surface area contributed by atoms with Gasteiger partial charge in [0.15, 0.2) is 0 Å². The van der Waals surface area contributed by atoms with E-state index in [4.69, 9.17) is 16.3 Å². The Bertz CT molecular complexity index is 1160. The fourth-order valence-corrected chi connectivity index (χ4v) is 3.46. The molecule has 0 spiro atoms. The third-order valence-electron chi connectivity index (χ3n) is 4.06. The average molecular weight is 533 g/mol. The van der Waals surface area contributed by atoms with E-state index in [0.29, 0.717) is 27.6 Å². The normalized spacial score (nSPS) is 10.9. The fourth-order valence-electron chi connectivity index (χ4n) is 2.57. The third kappa shape index (κ3) is 5.81. The predicted octanol–water partition coefficient (Wildman–Crippen LogP) is 6.21. The van der Waals surface area contributed by atoms with Gasteiger partial charge in [-0.05, 0) is 70.6 Å². The van der Waals surface area contributed by atoms with Gasteiger partial charge < -0.3 is 10.1 Å². The highest BCUT2D eigenvalue weighted by Gasteiger charge is 2.11. The molecule has 30 heavy (non-hydrogen) atoms. The molecule has 0 aromatic heterocycles. The Labute approximate surface area is 192 Å². The van der Waals surface area contributed by atoms with Gasteiger partial charge in [-0.25, -0.2) is 4.39 Å². The summed E-state index contributed by atoms with van der Waals surface area (Å²) < 4.78 is 20.2. The highest BCUT2D eigenvalue weighted by molar-refractivity contribution is 14.1. The number of amides is 1. The predicted molar refractivity (Wildman–Crippen MR) is 124 cm³/mol. The molecule has 0 aliphatic heterocycles. The number of rotatable bonds is 6. The van der Waals surface area contributed by atoms with E-state index in [1.54, 1.807) is 60.7 Å². The lowest BCUT2D eigenvalue weighted by Crippen LogP contribution is -2.13. The molecular weight excluding hydrogens is 518 g/mol. The fraction of sp³-hybridized carbons (Fsp3) is 0.0435. The summed E-state index contributed by atoms with van der Waals surface area (Å²) in [5.41, 5.74) is 1.57. The van der Waals surface area contributed by atoms with Gasteiger partial charge in [0.05, 0.1) is 3.57 Å². The molecule has 3 aromatic rings. The lowest BCUT2D eigenvalue weighted by atomic mass is 10.1. The van der Waals surface area contributed by atoms with Crippen LogP contribution in [0.2, 0.25) is 5.02 Å². The first-order valence-electron chi connectivity index (χ1n) is 8.81. The summed E-state index contributed by atoms with van der Waals surface area (Å²) in [4.78, 5) is 12.4. The number of ether oxygens (including phenoxy) is 1. The van der Waals surface area contributed by atoms with Gasteiger partial charge in [0.1, 0.15) is 29.8 Å². The number of hydrogen-bond donors (Lipinski definition) is 1. The maximum absolute atomic E-state index is 13.7. The number of carbonyl (C=O) groups excluding carboxylic acids is 1. The van der Waals surface area contributed by atoms with Crippen molar-refractivity contribution in [1.82, 2.24) is 0 Å². The molecule has 3 aromatic carbocycles. The molecule has 0 aliphatic carbocycles. The van der Waals surface area contributed by atoms with Crippen molar-refractivity contribution in [3.05, 3.63) is 97.8 Å². The molecule has 0 aliphatic rings. The zero-order valence-corrected chi connectivity index (χ0v) is 18.4. The largest absolute Gasteiger partial charge is 0.488 e. The van der Waals surface area contributed by atoms with Crippen LogP contribution in [0.1, 0.15) is 11.1 Å². The van der Waals surface area contributed by atoms with Crippen molar-refractivity contribution in [1.29, 1.82) is 5.26 Å². The minimum Gasteiger partial charge on any atom is -0.488 e. The number of benzene rings is 3. The van der Waals surface area contributed by atoms with E-state index in [2.05, 4.69) is 27.9 Å². The van der Waals surface area contributed by atoms with Gasteiger partial charge in [-0.1, -0.05) is 41.9 Å². The van der Waals surface area contributed by atoms with Gasteiger partial charge in [0, 0.05) is 16.3 Å². The minimum atomic E-state index is -0.533. The zero-order chi connectivity index (χ0) is 21.5. The second-order valence-electron chi connectivity index (χ2n) is 6.20. The molecule has 3 rings (SSSR count). The number of nitriles is 1.